The van der Waals surface area contributed by atoms with Crippen LogP contribution in [-0.2, 0) is 4.79 Å². The van der Waals surface area contributed by atoms with E-state index in [9.17, 15) is 45.6 Å². The summed E-state index contributed by atoms with van der Waals surface area (Å²) < 4.78 is 9.17. The Hall–Kier alpha value is -2.63. The van der Waals surface area contributed by atoms with Crippen LogP contribution in [0.4, 0.5) is 0 Å². The molecule has 2 unspecified atom stereocenters. The monoisotopic (exact) mass is 453 g/mol. The Morgan fingerprint density at radius 1 is 1.03 bits per heavy atom. The molecule has 0 spiro atoms. The van der Waals surface area contributed by atoms with Crippen molar-refractivity contribution >= 4 is 5.91 Å². The third-order valence-corrected chi connectivity index (χ3v) is 4.39. The summed E-state index contributed by atoms with van der Waals surface area (Å²) in [6.45, 7) is 1.76. The summed E-state index contributed by atoms with van der Waals surface area (Å²) in [5.74, 6) is -18.7. The van der Waals surface area contributed by atoms with E-state index < -0.39 is 70.3 Å². The fraction of sp³-hybridized carbons (Fsp3) is 0.562. The van der Waals surface area contributed by atoms with Crippen molar-refractivity contribution < 1.29 is 70.4 Å². The van der Waals surface area contributed by atoms with Crippen molar-refractivity contribution in [2.24, 2.45) is 0 Å². The number of carbonyl (C=O) groups is 1. The van der Waals surface area contributed by atoms with Gasteiger partial charge in [0.25, 0.3) is 17.6 Å². The van der Waals surface area contributed by atoms with Crippen molar-refractivity contribution in [2.75, 3.05) is 0 Å². The molecule has 1 aromatic carbocycles. The third-order valence-electron chi connectivity index (χ3n) is 4.39. The first-order chi connectivity index (χ1) is 14.0. The number of phenols is 3. The average Bonchev–Trinajstić information content (AvgIpc) is 2.78. The lowest BCUT2D eigenvalue weighted by Gasteiger charge is -2.30. The summed E-state index contributed by atoms with van der Waals surface area (Å²) in [6, 6.07) is 0. The topological polar surface area (TPSA) is 270 Å². The van der Waals surface area contributed by atoms with Gasteiger partial charge in [-0.3, -0.25) is 10.1 Å². The van der Waals surface area contributed by atoms with Crippen LogP contribution in [0.25, 0.3) is 0 Å². The largest absolute Gasteiger partial charge is 0.504 e. The lowest BCUT2D eigenvalue weighted by Crippen LogP contribution is -2.46. The summed E-state index contributed by atoms with van der Waals surface area (Å²) >= 11 is 0. The highest BCUT2D eigenvalue weighted by molar-refractivity contribution is 5.89. The second kappa shape index (κ2) is 8.13. The number of aliphatic hydroxyl groups is 8. The molecule has 0 aliphatic carbocycles. The van der Waals surface area contributed by atoms with Crippen LogP contribution in [0.1, 0.15) is 37.7 Å². The van der Waals surface area contributed by atoms with Crippen LogP contribution in [0.5, 0.6) is 28.7 Å². The van der Waals surface area contributed by atoms with E-state index in [1.807, 2.05) is 0 Å². The highest BCUT2D eigenvalue weighted by Crippen LogP contribution is 2.58. The molecule has 2 rings (SSSR count). The number of benzene rings is 1. The van der Waals surface area contributed by atoms with E-state index in [4.69, 9.17) is 20.1 Å². The van der Waals surface area contributed by atoms with Crippen LogP contribution < -0.4 is 14.8 Å². The van der Waals surface area contributed by atoms with Crippen molar-refractivity contribution in [1.82, 2.24) is 5.32 Å². The van der Waals surface area contributed by atoms with Crippen molar-refractivity contribution in [3.8, 4) is 28.7 Å². The SMILES string of the molecule is CCCCC(O)Oc1c(O)c(C2C(O)(O)NC(=O)C2(O)O)c(O)c(O)c1OC(O)(O)O. The zero-order chi connectivity index (χ0) is 23.9. The molecule has 15 nitrogen and oxygen atoms in total. The minimum Gasteiger partial charge on any atom is -0.504 e. The van der Waals surface area contributed by atoms with Gasteiger partial charge in [-0.05, 0) is 6.42 Å². The Labute approximate surface area is 173 Å². The number of amides is 1. The van der Waals surface area contributed by atoms with Crippen molar-refractivity contribution in [1.29, 1.82) is 0 Å². The lowest BCUT2D eigenvalue weighted by atomic mass is 9.87. The van der Waals surface area contributed by atoms with Gasteiger partial charge >= 0.3 is 6.16 Å². The standard InChI is InChI=1S/C16H23NO14/c1-2-3-4-5(18)30-10-8(20)6(7(19)9(21)11(10)31-16(27,28)29)12-14(23,24)13(22)17-15(12,25)26/h5,12,18-21,23-29H,2-4H2,1H3,(H,17,22). The molecule has 1 heterocycles. The molecule has 1 fully saturated rings. The Morgan fingerprint density at radius 3 is 2.06 bits per heavy atom. The quantitative estimate of drug-likeness (QED) is 0.102. The van der Waals surface area contributed by atoms with Crippen LogP contribution in [0.3, 0.4) is 0 Å². The molecule has 1 saturated heterocycles. The first kappa shape index (κ1) is 24.6. The van der Waals surface area contributed by atoms with E-state index >= 15 is 0 Å². The number of unbranched alkanes of at least 4 members (excludes halogenated alkanes) is 1. The van der Waals surface area contributed by atoms with Crippen LogP contribution >= 0.6 is 0 Å². The predicted octanol–water partition coefficient (Wildman–Crippen LogP) is -3.81. The second-order valence-electron chi connectivity index (χ2n) is 6.85. The maximum atomic E-state index is 11.7. The van der Waals surface area contributed by atoms with Gasteiger partial charge in [-0.15, -0.1) is 0 Å². The maximum absolute atomic E-state index is 11.7. The van der Waals surface area contributed by atoms with Gasteiger partial charge in [-0.25, -0.2) is 0 Å². The molecule has 0 radical (unpaired) electrons. The van der Waals surface area contributed by atoms with Gasteiger partial charge < -0.3 is 65.6 Å². The maximum Gasteiger partial charge on any atom is 0.453 e. The normalized spacial score (nSPS) is 20.9. The molecule has 12 N–H and O–H groups in total. The number of carbonyl (C=O) groups excluding carboxylic acids is 1. The number of nitrogens with one attached hydrogen (secondary N) is 1. The molecule has 0 bridgehead atoms. The van der Waals surface area contributed by atoms with E-state index in [-0.39, 0.29) is 6.42 Å². The van der Waals surface area contributed by atoms with E-state index in [2.05, 4.69) is 4.74 Å². The molecule has 1 aliphatic rings. The van der Waals surface area contributed by atoms with Crippen molar-refractivity contribution in [3.63, 3.8) is 0 Å². The number of ether oxygens (including phenoxy) is 2. The third kappa shape index (κ3) is 4.68. The smallest absolute Gasteiger partial charge is 0.453 e. The molecule has 176 valence electrons. The van der Waals surface area contributed by atoms with Crippen LogP contribution in [-0.4, -0.2) is 86.2 Å². The molecular formula is C16H23NO14. The number of hydrogen-bond acceptors (Lipinski definition) is 14. The summed E-state index contributed by atoms with van der Waals surface area (Å²) in [5.41, 5.74) is -1.28. The molecular weight excluding hydrogens is 430 g/mol. The van der Waals surface area contributed by atoms with Crippen LogP contribution in [0.2, 0.25) is 0 Å². The number of rotatable bonds is 8. The number of phenolic OH excluding ortho intramolecular Hbond substituents is 3. The number of hydrogen-bond donors (Lipinski definition) is 12. The summed E-state index contributed by atoms with van der Waals surface area (Å²) in [5, 5.41) is 109. The van der Waals surface area contributed by atoms with E-state index in [0.29, 0.717) is 12.8 Å². The van der Waals surface area contributed by atoms with Gasteiger partial charge in [0.05, 0.1) is 5.56 Å². The van der Waals surface area contributed by atoms with Gasteiger partial charge in [-0.1, -0.05) is 13.3 Å². The molecule has 15 heteroatoms. The predicted molar refractivity (Wildman–Crippen MR) is 92.8 cm³/mol. The minimum absolute atomic E-state index is 0.0772. The summed E-state index contributed by atoms with van der Waals surface area (Å²) in [7, 11) is 0. The highest BCUT2D eigenvalue weighted by Gasteiger charge is 2.64. The van der Waals surface area contributed by atoms with Gasteiger partial charge in [0.2, 0.25) is 17.2 Å². The Kier molecular flexibility index (Phi) is 6.47. The molecule has 0 aromatic heterocycles. The number of aromatic hydroxyl groups is 3. The zero-order valence-electron chi connectivity index (χ0n) is 15.9. The summed E-state index contributed by atoms with van der Waals surface area (Å²) in [4.78, 5) is 11.7. The minimum atomic E-state index is -4.00. The molecule has 2 atom stereocenters. The zero-order valence-corrected chi connectivity index (χ0v) is 15.9. The highest BCUT2D eigenvalue weighted by atomic mass is 16.9. The molecule has 1 aromatic rings. The molecule has 31 heavy (non-hydrogen) atoms. The van der Waals surface area contributed by atoms with E-state index in [1.54, 1.807) is 6.92 Å². The van der Waals surface area contributed by atoms with Crippen LogP contribution in [0, 0.1) is 0 Å². The first-order valence-electron chi connectivity index (χ1n) is 8.78. The number of aliphatic hydroxyl groups excluding tert-OH is 1. The average molecular weight is 453 g/mol. The Morgan fingerprint density at radius 2 is 1.61 bits per heavy atom. The van der Waals surface area contributed by atoms with Crippen LogP contribution in [0.15, 0.2) is 0 Å². The molecule has 0 saturated carbocycles. The summed E-state index contributed by atoms with van der Waals surface area (Å²) in [6.07, 6.45) is -4.86. The molecule has 1 aliphatic heterocycles. The van der Waals surface area contributed by atoms with Gasteiger partial charge in [-0.2, -0.15) is 0 Å². The first-order valence-corrected chi connectivity index (χ1v) is 8.78. The molecule has 1 amide bonds. The fourth-order valence-electron chi connectivity index (χ4n) is 3.02. The van der Waals surface area contributed by atoms with E-state index in [0.717, 1.165) is 0 Å². The Balaban J connectivity index is 2.75. The van der Waals surface area contributed by atoms with Gasteiger partial charge in [0.1, 0.15) is 5.92 Å². The van der Waals surface area contributed by atoms with Crippen molar-refractivity contribution in [3.05, 3.63) is 5.56 Å². The van der Waals surface area contributed by atoms with Gasteiger partial charge in [0, 0.05) is 6.42 Å². The van der Waals surface area contributed by atoms with Gasteiger partial charge in [0.15, 0.2) is 17.8 Å². The fourth-order valence-corrected chi connectivity index (χ4v) is 3.02. The van der Waals surface area contributed by atoms with E-state index in [1.165, 1.54) is 5.32 Å². The lowest BCUT2D eigenvalue weighted by molar-refractivity contribution is -0.420. The second-order valence-corrected chi connectivity index (χ2v) is 6.85. The Bertz CT molecular complexity index is 846. The van der Waals surface area contributed by atoms with Crippen molar-refractivity contribution in [2.45, 2.75) is 56.3 Å².